The Bertz CT molecular complexity index is 1420. The van der Waals surface area contributed by atoms with Gasteiger partial charge in [-0.3, -0.25) is 14.9 Å². The number of rotatable bonds is 8. The summed E-state index contributed by atoms with van der Waals surface area (Å²) in [6, 6.07) is 5.04. The first-order valence-corrected chi connectivity index (χ1v) is 13.1. The standard InChI is InChI=1S/C26H29ClFN9O2/c1-16(33-19-9-20(10-19)36-6-4-35(15-29)5-7-36)25(34-30)17-8-23(26-21(27)12-32-37(26)13-17)39-24(14-38)22-3-2-18(28)11-31-22/h2-3,8,11-13,19-20,24,38H,4-7,9-10,14,30H2,1H3/b33-16?,34-25+/t19?,20?,24-/m1/s1. The van der Waals surface area contributed by atoms with Gasteiger partial charge in [-0.05, 0) is 38.0 Å². The molecule has 204 valence electrons. The molecule has 0 spiro atoms. The first-order valence-electron chi connectivity index (χ1n) is 12.7. The maximum absolute atomic E-state index is 13.4. The number of nitrogens with two attached hydrogens (primary N) is 1. The number of aliphatic hydroxyl groups is 1. The van der Waals surface area contributed by atoms with E-state index in [4.69, 9.17) is 32.4 Å². The lowest BCUT2D eigenvalue weighted by Gasteiger charge is -2.44. The first-order chi connectivity index (χ1) is 18.9. The van der Waals surface area contributed by atoms with Crippen molar-refractivity contribution in [3.05, 3.63) is 58.9 Å². The molecule has 11 nitrogen and oxygen atoms in total. The van der Waals surface area contributed by atoms with Crippen LogP contribution in [0.15, 0.2) is 46.9 Å². The van der Waals surface area contributed by atoms with E-state index in [0.29, 0.717) is 45.0 Å². The van der Waals surface area contributed by atoms with Crippen LogP contribution in [0.4, 0.5) is 4.39 Å². The minimum Gasteiger partial charge on any atom is -0.479 e. The van der Waals surface area contributed by atoms with Gasteiger partial charge in [-0.25, -0.2) is 8.91 Å². The summed E-state index contributed by atoms with van der Waals surface area (Å²) in [5.41, 5.74) is 2.60. The number of fused-ring (bicyclic) bond motifs is 1. The van der Waals surface area contributed by atoms with Gasteiger partial charge in [0.15, 0.2) is 12.3 Å². The SMILES string of the molecule is CC(=NC1CC(N2CCN(C#N)CC2)C1)/C(=N\N)c1cc(O[C@H](CO)c2ccc(F)cn2)c2c(Cl)cnn2c1. The number of hydrazone groups is 1. The molecule has 3 aromatic rings. The molecule has 3 aromatic heterocycles. The van der Waals surface area contributed by atoms with Crippen molar-refractivity contribution in [1.82, 2.24) is 24.4 Å². The summed E-state index contributed by atoms with van der Waals surface area (Å²) < 4.78 is 21.1. The number of nitrogens with zero attached hydrogens (tertiary/aromatic N) is 8. The van der Waals surface area contributed by atoms with Gasteiger partial charge >= 0.3 is 0 Å². The van der Waals surface area contributed by atoms with Gasteiger partial charge in [0.25, 0.3) is 0 Å². The Morgan fingerprint density at radius 2 is 2.08 bits per heavy atom. The third-order valence-electron chi connectivity index (χ3n) is 7.23. The Kier molecular flexibility index (Phi) is 7.92. The topological polar surface area (TPSA) is 141 Å². The van der Waals surface area contributed by atoms with Gasteiger partial charge in [0.05, 0.1) is 41.5 Å². The molecule has 0 unspecified atom stereocenters. The first kappa shape index (κ1) is 26.8. The number of hydrogen-bond acceptors (Lipinski definition) is 10. The fourth-order valence-electron chi connectivity index (χ4n) is 5.05. The maximum atomic E-state index is 13.4. The lowest BCUT2D eigenvalue weighted by atomic mass is 9.85. The number of pyridine rings is 2. The minimum atomic E-state index is -0.870. The number of aliphatic hydroxyl groups excluding tert-OH is 1. The summed E-state index contributed by atoms with van der Waals surface area (Å²) in [4.78, 5) is 13.1. The van der Waals surface area contributed by atoms with E-state index in [1.54, 1.807) is 21.7 Å². The number of hydrogen-bond donors (Lipinski definition) is 2. The van der Waals surface area contributed by atoms with Crippen molar-refractivity contribution in [2.75, 3.05) is 32.8 Å². The van der Waals surface area contributed by atoms with Gasteiger partial charge in [-0.2, -0.15) is 15.5 Å². The van der Waals surface area contributed by atoms with Crippen LogP contribution in [0.3, 0.4) is 0 Å². The molecule has 1 saturated heterocycles. The van der Waals surface area contributed by atoms with E-state index >= 15 is 0 Å². The highest BCUT2D eigenvalue weighted by molar-refractivity contribution is 6.47. The lowest BCUT2D eigenvalue weighted by molar-refractivity contribution is 0.0709. The number of aliphatic imine (C=N–C) groups is 1. The Balaban J connectivity index is 1.35. The van der Waals surface area contributed by atoms with Crippen LogP contribution >= 0.6 is 11.6 Å². The number of nitriles is 1. The average molecular weight is 554 g/mol. The van der Waals surface area contributed by atoms with Crippen molar-refractivity contribution >= 4 is 28.5 Å². The summed E-state index contributed by atoms with van der Waals surface area (Å²) in [5.74, 6) is 5.67. The van der Waals surface area contributed by atoms with Crippen molar-refractivity contribution in [3.63, 3.8) is 0 Å². The van der Waals surface area contributed by atoms with E-state index < -0.39 is 18.5 Å². The van der Waals surface area contributed by atoms with E-state index in [1.807, 2.05) is 6.92 Å². The van der Waals surface area contributed by atoms with Crippen LogP contribution in [-0.2, 0) is 0 Å². The fourth-order valence-corrected chi connectivity index (χ4v) is 5.27. The second kappa shape index (κ2) is 11.5. The molecule has 39 heavy (non-hydrogen) atoms. The third kappa shape index (κ3) is 5.66. The van der Waals surface area contributed by atoms with Crippen LogP contribution in [0.25, 0.3) is 5.52 Å². The fraction of sp³-hybridized carbons (Fsp3) is 0.423. The molecule has 1 aliphatic heterocycles. The predicted octanol–water partition coefficient (Wildman–Crippen LogP) is 2.39. The molecule has 2 aliphatic rings. The van der Waals surface area contributed by atoms with Gasteiger partial charge in [0, 0.05) is 44.0 Å². The molecule has 2 fully saturated rings. The van der Waals surface area contributed by atoms with Crippen LogP contribution < -0.4 is 10.6 Å². The number of aromatic nitrogens is 3. The average Bonchev–Trinajstić information content (AvgIpc) is 3.30. The van der Waals surface area contributed by atoms with Crippen LogP contribution in [0.5, 0.6) is 5.75 Å². The zero-order valence-electron chi connectivity index (χ0n) is 21.4. The molecule has 1 saturated carbocycles. The largest absolute Gasteiger partial charge is 0.479 e. The minimum absolute atomic E-state index is 0.155. The molecule has 4 heterocycles. The van der Waals surface area contributed by atoms with Gasteiger partial charge in [-0.1, -0.05) is 11.6 Å². The highest BCUT2D eigenvalue weighted by Gasteiger charge is 2.35. The van der Waals surface area contributed by atoms with Crippen molar-refractivity contribution in [1.29, 1.82) is 5.26 Å². The Hall–Kier alpha value is -3.79. The van der Waals surface area contributed by atoms with E-state index in [0.717, 1.165) is 45.2 Å². The van der Waals surface area contributed by atoms with Crippen molar-refractivity contribution in [2.45, 2.75) is 38.0 Å². The molecule has 0 bridgehead atoms. The van der Waals surface area contributed by atoms with Gasteiger partial charge < -0.3 is 20.6 Å². The highest BCUT2D eigenvalue weighted by Crippen LogP contribution is 2.33. The molecule has 3 N–H and O–H groups in total. The zero-order valence-corrected chi connectivity index (χ0v) is 22.2. The second-order valence-electron chi connectivity index (χ2n) is 9.66. The molecule has 5 rings (SSSR count). The van der Waals surface area contributed by atoms with Gasteiger partial charge in [0.2, 0.25) is 0 Å². The summed E-state index contributed by atoms with van der Waals surface area (Å²) in [7, 11) is 0. The van der Waals surface area contributed by atoms with Gasteiger partial charge in [-0.15, -0.1) is 0 Å². The molecule has 0 aromatic carbocycles. The Morgan fingerprint density at radius 1 is 1.31 bits per heavy atom. The van der Waals surface area contributed by atoms with Crippen LogP contribution in [0.2, 0.25) is 5.02 Å². The summed E-state index contributed by atoms with van der Waals surface area (Å²) in [6.45, 7) is 4.78. The smallest absolute Gasteiger partial charge is 0.179 e. The summed E-state index contributed by atoms with van der Waals surface area (Å²) >= 11 is 6.40. The molecule has 0 radical (unpaired) electrons. The molecular weight excluding hydrogens is 525 g/mol. The number of halogens is 2. The van der Waals surface area contributed by atoms with Crippen molar-refractivity contribution in [2.24, 2.45) is 15.9 Å². The van der Waals surface area contributed by atoms with Crippen LogP contribution in [0, 0.1) is 17.3 Å². The normalized spacial score (nSPS) is 21.5. The molecule has 13 heteroatoms. The number of ether oxygens (including phenoxy) is 1. The summed E-state index contributed by atoms with van der Waals surface area (Å²) in [6.07, 6.45) is 7.51. The number of piperazine rings is 1. The quantitative estimate of drug-likeness (QED) is 0.187. The predicted molar refractivity (Wildman–Crippen MR) is 144 cm³/mol. The van der Waals surface area contributed by atoms with Crippen molar-refractivity contribution < 1.29 is 14.2 Å². The van der Waals surface area contributed by atoms with Crippen LogP contribution in [0.1, 0.15) is 37.1 Å². The summed E-state index contributed by atoms with van der Waals surface area (Å²) in [5, 5.41) is 27.7. The van der Waals surface area contributed by atoms with Crippen LogP contribution in [-0.4, -0.2) is 85.8 Å². The monoisotopic (exact) mass is 553 g/mol. The van der Waals surface area contributed by atoms with E-state index in [9.17, 15) is 9.50 Å². The maximum Gasteiger partial charge on any atom is 0.179 e. The van der Waals surface area contributed by atoms with E-state index in [1.165, 1.54) is 18.3 Å². The van der Waals surface area contributed by atoms with E-state index in [2.05, 4.69) is 26.3 Å². The molecule has 0 amide bonds. The van der Waals surface area contributed by atoms with E-state index in [-0.39, 0.29) is 6.04 Å². The molecular formula is C26H29ClFN9O2. The second-order valence-corrected chi connectivity index (χ2v) is 10.1. The highest BCUT2D eigenvalue weighted by atomic mass is 35.5. The Labute approximate surface area is 230 Å². The Morgan fingerprint density at radius 3 is 2.72 bits per heavy atom. The lowest BCUT2D eigenvalue weighted by Crippen LogP contribution is -2.54. The molecule has 1 atom stereocenters. The van der Waals surface area contributed by atoms with Crippen molar-refractivity contribution in [3.8, 4) is 11.9 Å². The third-order valence-corrected chi connectivity index (χ3v) is 7.51. The van der Waals surface area contributed by atoms with Gasteiger partial charge in [0.1, 0.15) is 22.8 Å². The zero-order chi connectivity index (χ0) is 27.5. The molecule has 1 aliphatic carbocycles.